The molecule has 0 unspecified atom stereocenters. The first kappa shape index (κ1) is 11.6. The molecule has 0 fully saturated rings. The van der Waals surface area contributed by atoms with Crippen LogP contribution in [0.1, 0.15) is 10.6 Å². The van der Waals surface area contributed by atoms with Gasteiger partial charge >= 0.3 is 0 Å². The Morgan fingerprint density at radius 2 is 2.05 bits per heavy atom. The maximum Gasteiger partial charge on any atom is 0.186 e. The number of nitrogens with zero attached hydrogens (tertiary/aromatic N) is 3. The highest BCUT2D eigenvalue weighted by molar-refractivity contribution is 7.09. The molecule has 0 aliphatic rings. The van der Waals surface area contributed by atoms with Crippen LogP contribution in [0.25, 0.3) is 10.9 Å². The molecule has 0 spiro atoms. The molecule has 19 heavy (non-hydrogen) atoms. The SMILES string of the molecule is N#Cc1nnc2ccccc2c1NCc1cccs1. The van der Waals surface area contributed by atoms with Crippen LogP contribution in [0.3, 0.4) is 0 Å². The molecule has 0 saturated carbocycles. The summed E-state index contributed by atoms with van der Waals surface area (Å²) < 4.78 is 0. The van der Waals surface area contributed by atoms with Crippen molar-refractivity contribution >= 4 is 27.9 Å². The molecule has 92 valence electrons. The molecule has 1 aromatic carbocycles. The summed E-state index contributed by atoms with van der Waals surface area (Å²) in [5.74, 6) is 0. The maximum atomic E-state index is 9.15. The Labute approximate surface area is 114 Å². The summed E-state index contributed by atoms with van der Waals surface area (Å²) in [6.45, 7) is 0.683. The molecular weight excluding hydrogens is 256 g/mol. The summed E-state index contributed by atoms with van der Waals surface area (Å²) in [6, 6.07) is 13.8. The van der Waals surface area contributed by atoms with Gasteiger partial charge in [-0.3, -0.25) is 0 Å². The number of hydrogen-bond donors (Lipinski definition) is 1. The topological polar surface area (TPSA) is 61.6 Å². The number of nitriles is 1. The van der Waals surface area contributed by atoms with Gasteiger partial charge in [-0.15, -0.1) is 21.5 Å². The van der Waals surface area contributed by atoms with Crippen molar-refractivity contribution in [3.8, 4) is 6.07 Å². The Hall–Kier alpha value is -2.45. The third-order valence-electron chi connectivity index (χ3n) is 2.79. The smallest absolute Gasteiger partial charge is 0.186 e. The van der Waals surface area contributed by atoms with Crippen molar-refractivity contribution in [2.45, 2.75) is 6.54 Å². The van der Waals surface area contributed by atoms with Crippen molar-refractivity contribution in [3.63, 3.8) is 0 Å². The lowest BCUT2D eigenvalue weighted by Gasteiger charge is -2.09. The number of benzene rings is 1. The molecule has 0 amide bonds. The number of nitrogens with one attached hydrogen (secondary N) is 1. The van der Waals surface area contributed by atoms with Crippen molar-refractivity contribution in [2.24, 2.45) is 0 Å². The van der Waals surface area contributed by atoms with E-state index in [2.05, 4.69) is 27.6 Å². The van der Waals surface area contributed by atoms with Crippen molar-refractivity contribution in [3.05, 3.63) is 52.3 Å². The van der Waals surface area contributed by atoms with E-state index < -0.39 is 0 Å². The summed E-state index contributed by atoms with van der Waals surface area (Å²) in [5, 5.41) is 23.4. The first-order valence-corrected chi connectivity index (χ1v) is 6.68. The van der Waals surface area contributed by atoms with E-state index in [4.69, 9.17) is 5.26 Å². The molecule has 2 aromatic heterocycles. The molecule has 4 nitrogen and oxygen atoms in total. The highest BCUT2D eigenvalue weighted by Gasteiger charge is 2.09. The van der Waals surface area contributed by atoms with Crippen molar-refractivity contribution in [1.82, 2.24) is 10.2 Å². The van der Waals surface area contributed by atoms with Gasteiger partial charge in [0, 0.05) is 16.8 Å². The third kappa shape index (κ3) is 2.26. The van der Waals surface area contributed by atoms with Gasteiger partial charge in [-0.05, 0) is 17.5 Å². The fourth-order valence-electron chi connectivity index (χ4n) is 1.90. The van der Waals surface area contributed by atoms with Crippen LogP contribution in [-0.2, 0) is 6.54 Å². The second kappa shape index (κ2) is 5.04. The minimum Gasteiger partial charge on any atom is -0.377 e. The van der Waals surface area contributed by atoms with Crippen molar-refractivity contribution in [2.75, 3.05) is 5.32 Å². The summed E-state index contributed by atoms with van der Waals surface area (Å²) in [4.78, 5) is 1.21. The Morgan fingerprint density at radius 3 is 2.84 bits per heavy atom. The van der Waals surface area contributed by atoms with Crippen molar-refractivity contribution < 1.29 is 0 Å². The highest BCUT2D eigenvalue weighted by Crippen LogP contribution is 2.24. The van der Waals surface area contributed by atoms with E-state index in [1.165, 1.54) is 4.88 Å². The van der Waals surface area contributed by atoms with Gasteiger partial charge in [-0.25, -0.2) is 0 Å². The van der Waals surface area contributed by atoms with Crippen LogP contribution in [0.5, 0.6) is 0 Å². The normalized spacial score (nSPS) is 10.3. The Morgan fingerprint density at radius 1 is 1.16 bits per heavy atom. The predicted octanol–water partition coefficient (Wildman–Crippen LogP) is 3.18. The van der Waals surface area contributed by atoms with E-state index in [1.807, 2.05) is 35.7 Å². The van der Waals surface area contributed by atoms with Crippen molar-refractivity contribution in [1.29, 1.82) is 5.26 Å². The fraction of sp³-hybridized carbons (Fsp3) is 0.0714. The van der Waals surface area contributed by atoms with Crippen LogP contribution in [-0.4, -0.2) is 10.2 Å². The van der Waals surface area contributed by atoms with Gasteiger partial charge < -0.3 is 5.32 Å². The van der Waals surface area contributed by atoms with Gasteiger partial charge in [0.1, 0.15) is 6.07 Å². The Kier molecular flexibility index (Phi) is 3.09. The molecule has 0 radical (unpaired) electrons. The lowest BCUT2D eigenvalue weighted by Crippen LogP contribution is -2.03. The van der Waals surface area contributed by atoms with Crippen LogP contribution in [0.2, 0.25) is 0 Å². The zero-order valence-electron chi connectivity index (χ0n) is 10.00. The van der Waals surface area contributed by atoms with Crippen LogP contribution in [0.4, 0.5) is 5.69 Å². The quantitative estimate of drug-likeness (QED) is 0.791. The predicted molar refractivity (Wildman–Crippen MR) is 75.9 cm³/mol. The Balaban J connectivity index is 2.02. The van der Waals surface area contributed by atoms with E-state index >= 15 is 0 Å². The van der Waals surface area contributed by atoms with Gasteiger partial charge in [0.2, 0.25) is 0 Å². The minimum atomic E-state index is 0.329. The Bertz CT molecular complexity index is 744. The molecule has 0 atom stereocenters. The summed E-state index contributed by atoms with van der Waals surface area (Å²) in [7, 11) is 0. The number of anilines is 1. The summed E-state index contributed by atoms with van der Waals surface area (Å²) >= 11 is 1.68. The molecule has 2 heterocycles. The van der Waals surface area contributed by atoms with Crippen LogP contribution < -0.4 is 5.32 Å². The molecule has 0 aliphatic carbocycles. The van der Waals surface area contributed by atoms with Gasteiger partial charge in [0.25, 0.3) is 0 Å². The molecule has 3 rings (SSSR count). The molecule has 0 bridgehead atoms. The third-order valence-corrected chi connectivity index (χ3v) is 3.67. The highest BCUT2D eigenvalue weighted by atomic mass is 32.1. The van der Waals surface area contributed by atoms with Crippen LogP contribution in [0, 0.1) is 11.3 Å². The second-order valence-electron chi connectivity index (χ2n) is 3.99. The standard InChI is InChI=1S/C14H10N4S/c15-8-13-14(16-9-10-4-3-7-19-10)11-5-1-2-6-12(11)17-18-13/h1-7H,9H2,(H,16,17). The average molecular weight is 266 g/mol. The summed E-state index contributed by atoms with van der Waals surface area (Å²) in [6.07, 6.45) is 0. The van der Waals surface area contributed by atoms with Crippen LogP contribution >= 0.6 is 11.3 Å². The molecular formula is C14H10N4S. The van der Waals surface area contributed by atoms with E-state index in [1.54, 1.807) is 11.3 Å². The number of rotatable bonds is 3. The van der Waals surface area contributed by atoms with E-state index in [0.29, 0.717) is 12.2 Å². The first-order valence-electron chi connectivity index (χ1n) is 5.80. The number of fused-ring (bicyclic) bond motifs is 1. The second-order valence-corrected chi connectivity index (χ2v) is 5.02. The molecule has 3 aromatic rings. The fourth-order valence-corrected chi connectivity index (χ4v) is 2.54. The van der Waals surface area contributed by atoms with Crippen LogP contribution in [0.15, 0.2) is 41.8 Å². The van der Waals surface area contributed by atoms with Gasteiger partial charge in [-0.1, -0.05) is 24.3 Å². The molecule has 0 aliphatic heterocycles. The first-order chi connectivity index (χ1) is 9.38. The van der Waals surface area contributed by atoms with Gasteiger partial charge in [-0.2, -0.15) is 5.26 Å². The monoisotopic (exact) mass is 266 g/mol. The lowest BCUT2D eigenvalue weighted by atomic mass is 10.1. The lowest BCUT2D eigenvalue weighted by molar-refractivity contribution is 1.04. The number of hydrogen-bond acceptors (Lipinski definition) is 5. The minimum absolute atomic E-state index is 0.329. The van der Waals surface area contributed by atoms with Gasteiger partial charge in [0.05, 0.1) is 11.2 Å². The largest absolute Gasteiger partial charge is 0.377 e. The zero-order chi connectivity index (χ0) is 13.1. The number of aromatic nitrogens is 2. The van der Waals surface area contributed by atoms with E-state index in [0.717, 1.165) is 16.6 Å². The zero-order valence-corrected chi connectivity index (χ0v) is 10.8. The maximum absolute atomic E-state index is 9.15. The molecule has 5 heteroatoms. The van der Waals surface area contributed by atoms with E-state index in [-0.39, 0.29) is 0 Å². The molecule has 0 saturated heterocycles. The molecule has 1 N–H and O–H groups in total. The number of thiophene rings is 1. The van der Waals surface area contributed by atoms with Gasteiger partial charge in [0.15, 0.2) is 5.69 Å². The summed E-state index contributed by atoms with van der Waals surface area (Å²) in [5.41, 5.74) is 1.87. The van der Waals surface area contributed by atoms with E-state index in [9.17, 15) is 0 Å². The average Bonchev–Trinajstić information content (AvgIpc) is 2.97.